The van der Waals surface area contributed by atoms with E-state index in [1.165, 1.54) is 0 Å². The molecule has 3 rings (SSSR count). The Morgan fingerprint density at radius 2 is 2.47 bits per heavy atom. The third-order valence-corrected chi connectivity index (χ3v) is 3.89. The molecule has 1 aromatic rings. The molecule has 94 valence electrons. The van der Waals surface area contributed by atoms with E-state index < -0.39 is 0 Å². The van der Waals surface area contributed by atoms with Crippen LogP contribution in [0.15, 0.2) is 6.33 Å². The van der Waals surface area contributed by atoms with Gasteiger partial charge in [-0.15, -0.1) is 10.2 Å². The van der Waals surface area contributed by atoms with Crippen LogP contribution in [-0.2, 0) is 17.8 Å². The van der Waals surface area contributed by atoms with Crippen LogP contribution in [0.2, 0.25) is 0 Å². The van der Waals surface area contributed by atoms with Gasteiger partial charge in [-0.3, -0.25) is 4.90 Å². The topological polar surface area (TPSA) is 69.2 Å². The lowest BCUT2D eigenvalue weighted by molar-refractivity contribution is 0.0978. The highest BCUT2D eigenvalue weighted by Gasteiger charge is 2.31. The van der Waals surface area contributed by atoms with Crippen LogP contribution in [0, 0.1) is 5.92 Å². The molecule has 1 aromatic heterocycles. The Kier molecular flexibility index (Phi) is 3.09. The van der Waals surface area contributed by atoms with E-state index >= 15 is 0 Å². The van der Waals surface area contributed by atoms with Crippen molar-refractivity contribution in [2.45, 2.75) is 25.6 Å². The van der Waals surface area contributed by atoms with Crippen LogP contribution in [0.4, 0.5) is 0 Å². The number of fused-ring (bicyclic) bond motifs is 1. The zero-order valence-corrected chi connectivity index (χ0v) is 9.96. The molecule has 0 amide bonds. The van der Waals surface area contributed by atoms with Crippen molar-refractivity contribution in [2.75, 3.05) is 26.3 Å². The lowest BCUT2D eigenvalue weighted by atomic mass is 9.97. The van der Waals surface area contributed by atoms with Crippen LogP contribution in [0.3, 0.4) is 0 Å². The summed E-state index contributed by atoms with van der Waals surface area (Å²) >= 11 is 0. The average Bonchev–Trinajstić information content (AvgIpc) is 2.99. The Hall–Kier alpha value is -0.980. The van der Waals surface area contributed by atoms with E-state index in [0.717, 1.165) is 45.1 Å². The molecule has 2 unspecified atom stereocenters. The third kappa shape index (κ3) is 2.08. The maximum Gasteiger partial charge on any atom is 0.147 e. The minimum absolute atomic E-state index is 0.419. The zero-order valence-electron chi connectivity index (χ0n) is 9.96. The molecule has 3 heterocycles. The molecular formula is C11H19N5O. The smallest absolute Gasteiger partial charge is 0.147 e. The quantitative estimate of drug-likeness (QED) is 0.764. The molecular weight excluding hydrogens is 218 g/mol. The van der Waals surface area contributed by atoms with Gasteiger partial charge in [0.15, 0.2) is 0 Å². The first kappa shape index (κ1) is 11.1. The summed E-state index contributed by atoms with van der Waals surface area (Å²) in [6.07, 6.45) is 2.94. The van der Waals surface area contributed by atoms with Gasteiger partial charge in [0.05, 0.1) is 13.2 Å². The predicted octanol–water partition coefficient (Wildman–Crippen LogP) is -0.542. The fraction of sp³-hybridized carbons (Fsp3) is 0.818. The average molecular weight is 237 g/mol. The molecule has 17 heavy (non-hydrogen) atoms. The predicted molar refractivity (Wildman–Crippen MR) is 62.2 cm³/mol. The lowest BCUT2D eigenvalue weighted by Gasteiger charge is -2.36. The van der Waals surface area contributed by atoms with Crippen molar-refractivity contribution in [3.8, 4) is 0 Å². The third-order valence-electron chi connectivity index (χ3n) is 3.89. The second kappa shape index (κ2) is 4.72. The summed E-state index contributed by atoms with van der Waals surface area (Å²) in [5.41, 5.74) is 5.94. The van der Waals surface area contributed by atoms with Crippen LogP contribution < -0.4 is 5.73 Å². The molecule has 2 atom stereocenters. The maximum absolute atomic E-state index is 5.94. The highest BCUT2D eigenvalue weighted by Crippen LogP contribution is 2.23. The first-order valence-corrected chi connectivity index (χ1v) is 6.27. The van der Waals surface area contributed by atoms with Crippen molar-refractivity contribution in [2.24, 2.45) is 11.7 Å². The van der Waals surface area contributed by atoms with Gasteiger partial charge in [-0.25, -0.2) is 0 Å². The van der Waals surface area contributed by atoms with E-state index in [4.69, 9.17) is 10.5 Å². The summed E-state index contributed by atoms with van der Waals surface area (Å²) in [7, 11) is 0. The lowest BCUT2D eigenvalue weighted by Crippen LogP contribution is -2.49. The van der Waals surface area contributed by atoms with Gasteiger partial charge < -0.3 is 15.0 Å². The fourth-order valence-corrected chi connectivity index (χ4v) is 2.86. The number of rotatable bonds is 3. The van der Waals surface area contributed by atoms with Gasteiger partial charge in [-0.05, 0) is 6.42 Å². The Balaban J connectivity index is 1.71. The van der Waals surface area contributed by atoms with Crippen LogP contribution in [0.1, 0.15) is 12.2 Å². The van der Waals surface area contributed by atoms with E-state index in [0.29, 0.717) is 18.5 Å². The van der Waals surface area contributed by atoms with Crippen LogP contribution in [-0.4, -0.2) is 52.0 Å². The summed E-state index contributed by atoms with van der Waals surface area (Å²) < 4.78 is 7.59. The molecule has 2 aliphatic rings. The highest BCUT2D eigenvalue weighted by molar-refractivity contribution is 4.93. The number of hydrogen-bond donors (Lipinski definition) is 1. The van der Waals surface area contributed by atoms with Crippen molar-refractivity contribution in [1.82, 2.24) is 19.7 Å². The first-order valence-electron chi connectivity index (χ1n) is 6.27. The molecule has 2 aliphatic heterocycles. The molecule has 2 N–H and O–H groups in total. The van der Waals surface area contributed by atoms with E-state index in [9.17, 15) is 0 Å². The zero-order chi connectivity index (χ0) is 11.7. The normalized spacial score (nSPS) is 27.0. The van der Waals surface area contributed by atoms with E-state index in [1.807, 2.05) is 6.33 Å². The van der Waals surface area contributed by atoms with Crippen LogP contribution >= 0.6 is 0 Å². The van der Waals surface area contributed by atoms with Crippen LogP contribution in [0.25, 0.3) is 0 Å². The van der Waals surface area contributed by atoms with Gasteiger partial charge in [-0.2, -0.15) is 0 Å². The Bertz CT molecular complexity index is 374. The summed E-state index contributed by atoms with van der Waals surface area (Å²) in [5, 5.41) is 8.10. The van der Waals surface area contributed by atoms with E-state index in [2.05, 4.69) is 19.7 Å². The van der Waals surface area contributed by atoms with Crippen molar-refractivity contribution in [1.29, 1.82) is 0 Å². The minimum Gasteiger partial charge on any atom is -0.381 e. The fourth-order valence-electron chi connectivity index (χ4n) is 2.86. The van der Waals surface area contributed by atoms with Crippen molar-refractivity contribution in [3.63, 3.8) is 0 Å². The molecule has 0 radical (unpaired) electrons. The second-order valence-electron chi connectivity index (χ2n) is 4.84. The first-order chi connectivity index (χ1) is 8.38. The van der Waals surface area contributed by atoms with Gasteiger partial charge in [0, 0.05) is 38.2 Å². The number of ether oxygens (including phenoxy) is 1. The Morgan fingerprint density at radius 1 is 1.53 bits per heavy atom. The molecule has 0 saturated carbocycles. The van der Waals surface area contributed by atoms with E-state index in [-0.39, 0.29) is 0 Å². The molecule has 0 spiro atoms. The monoisotopic (exact) mass is 237 g/mol. The Labute approximate surface area is 101 Å². The summed E-state index contributed by atoms with van der Waals surface area (Å²) in [6.45, 7) is 5.28. The van der Waals surface area contributed by atoms with Gasteiger partial charge in [0.2, 0.25) is 0 Å². The Morgan fingerprint density at radius 3 is 3.24 bits per heavy atom. The number of nitrogens with zero attached hydrogens (tertiary/aromatic N) is 4. The summed E-state index contributed by atoms with van der Waals surface area (Å²) in [6, 6.07) is 0.419. The van der Waals surface area contributed by atoms with Gasteiger partial charge >= 0.3 is 0 Å². The van der Waals surface area contributed by atoms with Crippen molar-refractivity contribution < 1.29 is 4.74 Å². The van der Waals surface area contributed by atoms with Crippen molar-refractivity contribution >= 4 is 0 Å². The molecule has 1 fully saturated rings. The molecule has 6 heteroatoms. The maximum atomic E-state index is 5.94. The standard InChI is InChI=1S/C11H19N5O/c12-5-10(9-1-4-17-7-9)15-2-3-16-8-13-14-11(16)6-15/h8-10H,1-7,12H2. The second-order valence-corrected chi connectivity index (χ2v) is 4.84. The molecule has 1 saturated heterocycles. The van der Waals surface area contributed by atoms with Gasteiger partial charge in [-0.1, -0.05) is 0 Å². The number of aromatic nitrogens is 3. The largest absolute Gasteiger partial charge is 0.381 e. The highest BCUT2D eigenvalue weighted by atomic mass is 16.5. The SMILES string of the molecule is NCC(C1CCOC1)N1CCn2cnnc2C1. The van der Waals surface area contributed by atoms with Gasteiger partial charge in [0.1, 0.15) is 12.2 Å². The van der Waals surface area contributed by atoms with Gasteiger partial charge in [0.25, 0.3) is 0 Å². The van der Waals surface area contributed by atoms with Crippen LogP contribution in [0.5, 0.6) is 0 Å². The molecule has 0 aliphatic carbocycles. The summed E-state index contributed by atoms with van der Waals surface area (Å²) in [4.78, 5) is 2.43. The molecule has 6 nitrogen and oxygen atoms in total. The molecule has 0 bridgehead atoms. The van der Waals surface area contributed by atoms with E-state index in [1.54, 1.807) is 0 Å². The summed E-state index contributed by atoms with van der Waals surface area (Å²) in [5.74, 6) is 1.63. The van der Waals surface area contributed by atoms with Crippen molar-refractivity contribution in [3.05, 3.63) is 12.2 Å². The number of nitrogens with two attached hydrogens (primary N) is 1. The molecule has 0 aromatic carbocycles. The number of hydrogen-bond acceptors (Lipinski definition) is 5. The minimum atomic E-state index is 0.419.